The minimum absolute atomic E-state index is 0.134. The summed E-state index contributed by atoms with van der Waals surface area (Å²) in [6, 6.07) is 11.1. The van der Waals surface area contributed by atoms with Gasteiger partial charge in [0.2, 0.25) is 11.7 Å². The Balaban J connectivity index is 1.37. The van der Waals surface area contributed by atoms with Crippen LogP contribution in [0.4, 0.5) is 4.39 Å². The van der Waals surface area contributed by atoms with Crippen LogP contribution in [-0.2, 0) is 17.9 Å². The molecule has 2 heterocycles. The number of methoxy groups -OCH3 is 1. The minimum Gasteiger partial charge on any atom is -0.508 e. The van der Waals surface area contributed by atoms with Crippen LogP contribution >= 0.6 is 0 Å². The molecule has 1 aliphatic rings. The van der Waals surface area contributed by atoms with Gasteiger partial charge in [-0.2, -0.15) is 4.98 Å². The van der Waals surface area contributed by atoms with Crippen molar-refractivity contribution in [2.24, 2.45) is 7.05 Å². The number of nitrogens with zero attached hydrogens (tertiary/aromatic N) is 5. The van der Waals surface area contributed by atoms with E-state index in [1.54, 1.807) is 37.4 Å². The van der Waals surface area contributed by atoms with Crippen molar-refractivity contribution in [3.8, 4) is 34.3 Å². The lowest BCUT2D eigenvalue weighted by Gasteiger charge is -2.40. The van der Waals surface area contributed by atoms with E-state index in [1.165, 1.54) is 12.1 Å². The number of aromatic hydroxyl groups is 1. The molecule has 1 saturated carbocycles. The molecule has 9 heteroatoms. The molecule has 0 radical (unpaired) electrons. The lowest BCUT2D eigenvalue weighted by Crippen LogP contribution is -2.38. The molecule has 0 saturated heterocycles. The standard InChI is InChI=1S/C26H28FN5O3/c1-25(23-30-29-22(32(23)3)19-10-9-18(33)15-20(19)34-4)11-13-26(2,14-12-25)24-28-21(31-35-24)16-5-7-17(27)8-6-16/h5-10,15,33H,11-14H2,1-4H3. The zero-order valence-corrected chi connectivity index (χ0v) is 20.2. The van der Waals surface area contributed by atoms with Crippen LogP contribution in [0.1, 0.15) is 51.2 Å². The first-order chi connectivity index (χ1) is 16.7. The van der Waals surface area contributed by atoms with Crippen molar-refractivity contribution in [1.29, 1.82) is 0 Å². The van der Waals surface area contributed by atoms with Crippen molar-refractivity contribution in [3.63, 3.8) is 0 Å². The number of hydrogen-bond donors (Lipinski definition) is 1. The Kier molecular flexibility index (Phi) is 5.57. The second-order valence-corrected chi connectivity index (χ2v) is 9.84. The highest BCUT2D eigenvalue weighted by atomic mass is 19.1. The maximum absolute atomic E-state index is 13.3. The van der Waals surface area contributed by atoms with E-state index in [9.17, 15) is 9.50 Å². The van der Waals surface area contributed by atoms with E-state index in [0.717, 1.165) is 42.6 Å². The molecule has 8 nitrogen and oxygen atoms in total. The predicted octanol–water partition coefficient (Wildman–Crippen LogP) is 5.18. The smallest absolute Gasteiger partial charge is 0.232 e. The number of ether oxygens (including phenoxy) is 1. The van der Waals surface area contributed by atoms with Crippen molar-refractivity contribution < 1.29 is 18.8 Å². The van der Waals surface area contributed by atoms with E-state index in [-0.39, 0.29) is 22.4 Å². The van der Waals surface area contributed by atoms with Gasteiger partial charge in [-0.25, -0.2) is 4.39 Å². The molecular formula is C26H28FN5O3. The highest BCUT2D eigenvalue weighted by molar-refractivity contribution is 5.66. The number of phenolic OH excluding ortho intramolecular Hbond substituents is 1. The zero-order chi connectivity index (χ0) is 24.8. The van der Waals surface area contributed by atoms with Crippen molar-refractivity contribution in [2.75, 3.05) is 7.11 Å². The summed E-state index contributed by atoms with van der Waals surface area (Å²) in [7, 11) is 3.53. The normalized spacial score (nSPS) is 22.3. The third-order valence-electron chi connectivity index (χ3n) is 7.34. The fraction of sp³-hybridized carbons (Fsp3) is 0.385. The van der Waals surface area contributed by atoms with Crippen LogP contribution in [0.2, 0.25) is 0 Å². The molecule has 0 atom stereocenters. The highest BCUT2D eigenvalue weighted by Crippen LogP contribution is 2.48. The Morgan fingerprint density at radius 2 is 1.69 bits per heavy atom. The maximum atomic E-state index is 13.3. The predicted molar refractivity (Wildman–Crippen MR) is 128 cm³/mol. The maximum Gasteiger partial charge on any atom is 0.232 e. The van der Waals surface area contributed by atoms with Crippen LogP contribution in [0.15, 0.2) is 47.0 Å². The highest BCUT2D eigenvalue weighted by Gasteiger charge is 2.45. The summed E-state index contributed by atoms with van der Waals surface area (Å²) in [5, 5.41) is 23.0. The molecule has 0 unspecified atom stereocenters. The van der Waals surface area contributed by atoms with E-state index in [2.05, 4.69) is 34.2 Å². The van der Waals surface area contributed by atoms with Gasteiger partial charge >= 0.3 is 0 Å². The average molecular weight is 478 g/mol. The molecule has 0 aliphatic heterocycles. The number of halogens is 1. The molecule has 0 bridgehead atoms. The number of hydrogen-bond acceptors (Lipinski definition) is 7. The van der Waals surface area contributed by atoms with Crippen LogP contribution in [0.25, 0.3) is 22.8 Å². The Labute approximate surface area is 202 Å². The molecule has 4 aromatic rings. The number of phenols is 1. The summed E-state index contributed by atoms with van der Waals surface area (Å²) >= 11 is 0. The van der Waals surface area contributed by atoms with E-state index >= 15 is 0 Å². The fourth-order valence-electron chi connectivity index (χ4n) is 4.93. The van der Waals surface area contributed by atoms with Crippen LogP contribution in [-0.4, -0.2) is 37.1 Å². The quantitative estimate of drug-likeness (QED) is 0.423. The Morgan fingerprint density at radius 3 is 2.37 bits per heavy atom. The molecule has 5 rings (SSSR count). The third kappa shape index (κ3) is 4.05. The van der Waals surface area contributed by atoms with E-state index in [0.29, 0.717) is 23.3 Å². The largest absolute Gasteiger partial charge is 0.508 e. The molecule has 1 fully saturated rings. The van der Waals surface area contributed by atoms with Gasteiger partial charge in [-0.1, -0.05) is 19.0 Å². The summed E-state index contributed by atoms with van der Waals surface area (Å²) in [5.74, 6) is 3.04. The fourth-order valence-corrected chi connectivity index (χ4v) is 4.93. The molecular weight excluding hydrogens is 449 g/mol. The number of rotatable bonds is 5. The molecule has 2 aromatic carbocycles. The van der Waals surface area contributed by atoms with E-state index in [4.69, 9.17) is 9.26 Å². The average Bonchev–Trinajstić information content (AvgIpc) is 3.50. The molecule has 0 amide bonds. The summed E-state index contributed by atoms with van der Waals surface area (Å²) in [5.41, 5.74) is 1.06. The first-order valence-electron chi connectivity index (χ1n) is 11.6. The first-order valence-corrected chi connectivity index (χ1v) is 11.6. The topological polar surface area (TPSA) is 99.1 Å². The summed E-state index contributed by atoms with van der Waals surface area (Å²) in [6.07, 6.45) is 3.44. The van der Waals surface area contributed by atoms with E-state index in [1.807, 2.05) is 11.6 Å². The lowest BCUT2D eigenvalue weighted by molar-refractivity contribution is 0.172. The van der Waals surface area contributed by atoms with Gasteiger partial charge in [0.25, 0.3) is 0 Å². The van der Waals surface area contributed by atoms with Gasteiger partial charge in [0.15, 0.2) is 5.82 Å². The van der Waals surface area contributed by atoms with Gasteiger partial charge in [-0.3, -0.25) is 0 Å². The van der Waals surface area contributed by atoms with Gasteiger partial charge in [-0.05, 0) is 62.1 Å². The third-order valence-corrected chi connectivity index (χ3v) is 7.34. The van der Waals surface area contributed by atoms with Gasteiger partial charge in [0, 0.05) is 29.5 Å². The lowest BCUT2D eigenvalue weighted by atomic mass is 9.64. The Hall–Kier alpha value is -3.75. The van der Waals surface area contributed by atoms with Gasteiger partial charge < -0.3 is 18.9 Å². The Bertz CT molecular complexity index is 1350. The summed E-state index contributed by atoms with van der Waals surface area (Å²) in [6.45, 7) is 4.37. The Morgan fingerprint density at radius 1 is 1.00 bits per heavy atom. The van der Waals surface area contributed by atoms with Gasteiger partial charge in [0.1, 0.15) is 23.1 Å². The van der Waals surface area contributed by atoms with Crippen LogP contribution in [0, 0.1) is 5.82 Å². The minimum atomic E-state index is -0.299. The number of aromatic nitrogens is 5. The van der Waals surface area contributed by atoms with Crippen LogP contribution in [0.5, 0.6) is 11.5 Å². The molecule has 1 N–H and O–H groups in total. The second kappa shape index (κ2) is 8.48. The van der Waals surface area contributed by atoms with Crippen LogP contribution < -0.4 is 4.74 Å². The van der Waals surface area contributed by atoms with Crippen molar-refractivity contribution in [2.45, 2.75) is 50.4 Å². The van der Waals surface area contributed by atoms with Gasteiger partial charge in [0.05, 0.1) is 12.7 Å². The summed E-state index contributed by atoms with van der Waals surface area (Å²) < 4.78 is 26.4. The molecule has 182 valence electrons. The van der Waals surface area contributed by atoms with E-state index < -0.39 is 0 Å². The van der Waals surface area contributed by atoms with Crippen molar-refractivity contribution in [1.82, 2.24) is 24.9 Å². The summed E-state index contributed by atoms with van der Waals surface area (Å²) in [4.78, 5) is 4.65. The van der Waals surface area contributed by atoms with Crippen molar-refractivity contribution >= 4 is 0 Å². The van der Waals surface area contributed by atoms with Crippen molar-refractivity contribution in [3.05, 3.63) is 60.0 Å². The first kappa shape index (κ1) is 23.0. The van der Waals surface area contributed by atoms with Crippen LogP contribution in [0.3, 0.4) is 0 Å². The monoisotopic (exact) mass is 477 g/mol. The molecule has 2 aromatic heterocycles. The molecule has 1 aliphatic carbocycles. The number of benzene rings is 2. The SMILES string of the molecule is COc1cc(O)ccc1-c1nnc(C2(C)CCC(C)(c3nc(-c4ccc(F)cc4)no3)CC2)n1C. The second-order valence-electron chi connectivity index (χ2n) is 9.84. The molecule has 35 heavy (non-hydrogen) atoms. The zero-order valence-electron chi connectivity index (χ0n) is 20.2. The molecule has 0 spiro atoms. The van der Waals surface area contributed by atoms with Gasteiger partial charge in [-0.15, -0.1) is 10.2 Å².